The summed E-state index contributed by atoms with van der Waals surface area (Å²) >= 11 is 7.85. The number of rotatable bonds is 1. The number of halogens is 1. The highest BCUT2D eigenvalue weighted by Crippen LogP contribution is 2.23. The van der Waals surface area contributed by atoms with Crippen LogP contribution in [-0.2, 0) is 0 Å². The molecule has 1 aromatic rings. The maximum atomic E-state index is 12.3. The van der Waals surface area contributed by atoms with Crippen LogP contribution in [0, 0.1) is 0 Å². The zero-order valence-electron chi connectivity index (χ0n) is 9.52. The van der Waals surface area contributed by atoms with E-state index >= 15 is 0 Å². The quantitative estimate of drug-likeness (QED) is 0.847. The third-order valence-electron chi connectivity index (χ3n) is 2.64. The molecular formula is C11H14ClN3OS. The van der Waals surface area contributed by atoms with E-state index in [-0.39, 0.29) is 5.91 Å². The molecule has 1 saturated heterocycles. The van der Waals surface area contributed by atoms with E-state index in [9.17, 15) is 4.79 Å². The molecular weight excluding hydrogens is 258 g/mol. The number of hydrogen-bond donors (Lipinski definition) is 1. The smallest absolute Gasteiger partial charge is 0.255 e. The van der Waals surface area contributed by atoms with Gasteiger partial charge >= 0.3 is 0 Å². The van der Waals surface area contributed by atoms with Gasteiger partial charge in [0.15, 0.2) is 0 Å². The molecule has 0 aromatic carbocycles. The summed E-state index contributed by atoms with van der Waals surface area (Å²) in [5, 5.41) is 0.820. The highest BCUT2D eigenvalue weighted by atomic mass is 35.5. The monoisotopic (exact) mass is 271 g/mol. The first-order valence-corrected chi connectivity index (χ1v) is 6.82. The average Bonchev–Trinajstić information content (AvgIpc) is 2.31. The molecule has 1 fully saturated rings. The average molecular weight is 272 g/mol. The van der Waals surface area contributed by atoms with E-state index in [1.165, 1.54) is 12.3 Å². The molecule has 1 aliphatic rings. The number of pyridine rings is 1. The van der Waals surface area contributed by atoms with Gasteiger partial charge in [-0.05, 0) is 6.07 Å². The molecule has 17 heavy (non-hydrogen) atoms. The lowest BCUT2D eigenvalue weighted by Gasteiger charge is -2.30. The molecule has 1 amide bonds. The Kier molecular flexibility index (Phi) is 3.79. The second-order valence-corrected chi connectivity index (χ2v) is 5.98. The second-order valence-electron chi connectivity index (χ2n) is 4.02. The number of carbonyl (C=O) groups is 1. The van der Waals surface area contributed by atoms with Crippen molar-refractivity contribution in [3.05, 3.63) is 22.8 Å². The van der Waals surface area contributed by atoms with Gasteiger partial charge in [0.05, 0.1) is 10.6 Å². The van der Waals surface area contributed by atoms with Crippen molar-refractivity contribution in [2.45, 2.75) is 12.2 Å². The number of anilines is 1. The van der Waals surface area contributed by atoms with E-state index in [1.54, 1.807) is 0 Å². The van der Waals surface area contributed by atoms with Gasteiger partial charge in [-0.25, -0.2) is 4.98 Å². The molecule has 2 rings (SSSR count). The van der Waals surface area contributed by atoms with Crippen LogP contribution < -0.4 is 5.73 Å². The van der Waals surface area contributed by atoms with Crippen molar-refractivity contribution >= 4 is 35.1 Å². The number of hydrogen-bond acceptors (Lipinski definition) is 4. The Labute approximate surface area is 110 Å². The fourth-order valence-corrected chi connectivity index (χ4v) is 2.99. The summed E-state index contributed by atoms with van der Waals surface area (Å²) in [5.41, 5.74) is 6.02. The fourth-order valence-electron chi connectivity index (χ4n) is 1.79. The third kappa shape index (κ3) is 2.84. The number of thioether (sulfide) groups is 1. The van der Waals surface area contributed by atoms with Crippen molar-refractivity contribution < 1.29 is 4.79 Å². The number of nitrogens with zero attached hydrogens (tertiary/aromatic N) is 2. The van der Waals surface area contributed by atoms with Crippen LogP contribution >= 0.6 is 23.4 Å². The van der Waals surface area contributed by atoms with Crippen LogP contribution in [0.15, 0.2) is 12.3 Å². The minimum Gasteiger partial charge on any atom is -0.384 e. The SMILES string of the molecule is CC1CN(C(=O)c2cc(N)ncc2Cl)CCS1. The largest absolute Gasteiger partial charge is 0.384 e. The summed E-state index contributed by atoms with van der Waals surface area (Å²) in [6.07, 6.45) is 1.42. The van der Waals surface area contributed by atoms with Crippen LogP contribution in [0.5, 0.6) is 0 Å². The van der Waals surface area contributed by atoms with Crippen LogP contribution in [0.2, 0.25) is 5.02 Å². The normalized spacial score (nSPS) is 20.4. The molecule has 1 aliphatic heterocycles. The molecule has 2 heterocycles. The molecule has 4 nitrogen and oxygen atoms in total. The van der Waals surface area contributed by atoms with Crippen molar-refractivity contribution in [2.24, 2.45) is 0 Å². The number of carbonyl (C=O) groups excluding carboxylic acids is 1. The Bertz CT molecular complexity index is 441. The van der Waals surface area contributed by atoms with Gasteiger partial charge in [-0.3, -0.25) is 4.79 Å². The topological polar surface area (TPSA) is 59.2 Å². The summed E-state index contributed by atoms with van der Waals surface area (Å²) in [6.45, 7) is 3.63. The first kappa shape index (κ1) is 12.5. The van der Waals surface area contributed by atoms with Crippen molar-refractivity contribution in [3.63, 3.8) is 0 Å². The molecule has 0 bridgehead atoms. The zero-order valence-corrected chi connectivity index (χ0v) is 11.1. The van der Waals surface area contributed by atoms with E-state index in [1.807, 2.05) is 16.7 Å². The van der Waals surface area contributed by atoms with Crippen molar-refractivity contribution in [3.8, 4) is 0 Å². The maximum absolute atomic E-state index is 12.3. The number of nitrogens with two attached hydrogens (primary N) is 1. The Morgan fingerprint density at radius 3 is 3.18 bits per heavy atom. The van der Waals surface area contributed by atoms with Gasteiger partial charge in [-0.15, -0.1) is 0 Å². The van der Waals surface area contributed by atoms with Gasteiger partial charge in [0.1, 0.15) is 5.82 Å². The molecule has 0 radical (unpaired) electrons. The molecule has 0 spiro atoms. The lowest BCUT2D eigenvalue weighted by atomic mass is 10.2. The van der Waals surface area contributed by atoms with Gasteiger partial charge in [-0.2, -0.15) is 11.8 Å². The van der Waals surface area contributed by atoms with E-state index in [4.69, 9.17) is 17.3 Å². The second kappa shape index (κ2) is 5.14. The summed E-state index contributed by atoms with van der Waals surface area (Å²) in [4.78, 5) is 17.9. The lowest BCUT2D eigenvalue weighted by Crippen LogP contribution is -2.41. The Hall–Kier alpha value is -0.940. The molecule has 2 N–H and O–H groups in total. The standard InChI is InChI=1S/C11H14ClN3OS/c1-7-6-15(2-3-17-7)11(16)8-4-10(13)14-5-9(8)12/h4-5,7H,2-3,6H2,1H3,(H2,13,14). The van der Waals surface area contributed by atoms with Gasteiger partial charge in [0, 0.05) is 30.3 Å². The molecule has 1 atom stereocenters. The molecule has 1 aromatic heterocycles. The summed E-state index contributed by atoms with van der Waals surface area (Å²) in [6, 6.07) is 1.54. The van der Waals surface area contributed by atoms with E-state index in [0.29, 0.717) is 21.7 Å². The predicted octanol–water partition coefficient (Wildman–Crippen LogP) is 1.89. The number of nitrogen functional groups attached to an aromatic ring is 1. The van der Waals surface area contributed by atoms with Gasteiger partial charge < -0.3 is 10.6 Å². The highest BCUT2D eigenvalue weighted by molar-refractivity contribution is 7.99. The van der Waals surface area contributed by atoms with Crippen LogP contribution in [0.25, 0.3) is 0 Å². The third-order valence-corrected chi connectivity index (χ3v) is 4.07. The van der Waals surface area contributed by atoms with Crippen molar-refractivity contribution in [2.75, 3.05) is 24.6 Å². The molecule has 6 heteroatoms. The zero-order chi connectivity index (χ0) is 12.4. The maximum Gasteiger partial charge on any atom is 0.255 e. The van der Waals surface area contributed by atoms with Crippen LogP contribution in [0.1, 0.15) is 17.3 Å². The van der Waals surface area contributed by atoms with Crippen LogP contribution in [-0.4, -0.2) is 39.9 Å². The minimum absolute atomic E-state index is 0.0590. The Balaban J connectivity index is 2.21. The molecule has 0 aliphatic carbocycles. The molecule has 1 unspecified atom stereocenters. The fraction of sp³-hybridized carbons (Fsp3) is 0.455. The minimum atomic E-state index is -0.0590. The van der Waals surface area contributed by atoms with Crippen LogP contribution in [0.4, 0.5) is 5.82 Å². The van der Waals surface area contributed by atoms with Crippen LogP contribution in [0.3, 0.4) is 0 Å². The van der Waals surface area contributed by atoms with Gasteiger partial charge in [-0.1, -0.05) is 18.5 Å². The molecule has 0 saturated carbocycles. The van der Waals surface area contributed by atoms with Gasteiger partial charge in [0.25, 0.3) is 5.91 Å². The summed E-state index contributed by atoms with van der Waals surface area (Å²) in [5.74, 6) is 1.22. The summed E-state index contributed by atoms with van der Waals surface area (Å²) in [7, 11) is 0. The lowest BCUT2D eigenvalue weighted by molar-refractivity contribution is 0.0763. The van der Waals surface area contributed by atoms with Crippen molar-refractivity contribution in [1.29, 1.82) is 0 Å². The Morgan fingerprint density at radius 2 is 2.47 bits per heavy atom. The number of aromatic nitrogens is 1. The van der Waals surface area contributed by atoms with E-state index in [0.717, 1.165) is 18.8 Å². The van der Waals surface area contributed by atoms with Crippen molar-refractivity contribution in [1.82, 2.24) is 9.88 Å². The van der Waals surface area contributed by atoms with Gasteiger partial charge in [0.2, 0.25) is 0 Å². The van der Waals surface area contributed by atoms with E-state index < -0.39 is 0 Å². The Morgan fingerprint density at radius 1 is 1.71 bits per heavy atom. The first-order valence-electron chi connectivity index (χ1n) is 5.40. The van der Waals surface area contributed by atoms with E-state index in [2.05, 4.69) is 11.9 Å². The summed E-state index contributed by atoms with van der Waals surface area (Å²) < 4.78 is 0. The number of amides is 1. The predicted molar refractivity (Wildman–Crippen MR) is 71.5 cm³/mol. The highest BCUT2D eigenvalue weighted by Gasteiger charge is 2.24. The molecule has 92 valence electrons. The first-order chi connectivity index (χ1) is 8.08.